The van der Waals surface area contributed by atoms with Crippen molar-refractivity contribution < 1.29 is 5.11 Å². The lowest BCUT2D eigenvalue weighted by Crippen LogP contribution is -2.32. The molecule has 0 spiro atoms. The van der Waals surface area contributed by atoms with Crippen molar-refractivity contribution in [1.29, 1.82) is 0 Å². The molecule has 1 fully saturated rings. The van der Waals surface area contributed by atoms with E-state index in [2.05, 4.69) is 38.1 Å². The number of thioether (sulfide) groups is 1. The minimum absolute atomic E-state index is 0.144. The van der Waals surface area contributed by atoms with Gasteiger partial charge in [0.1, 0.15) is 0 Å². The van der Waals surface area contributed by atoms with Crippen LogP contribution in [-0.2, 0) is 0 Å². The summed E-state index contributed by atoms with van der Waals surface area (Å²) in [7, 11) is 0. The minimum atomic E-state index is -0.144. The maximum Gasteiger partial charge on any atom is 0.0664 e. The normalized spacial score (nSPS) is 25.2. The number of aliphatic hydroxyl groups is 1. The van der Waals surface area contributed by atoms with E-state index in [1.165, 1.54) is 42.6 Å². The molecule has 1 saturated carbocycles. The maximum atomic E-state index is 10.5. The van der Waals surface area contributed by atoms with Crippen LogP contribution >= 0.6 is 11.8 Å². The average molecular weight is 278 g/mol. The summed E-state index contributed by atoms with van der Waals surface area (Å²) in [6.07, 6.45) is 6.26. The third-order valence-corrected chi connectivity index (χ3v) is 5.77. The zero-order valence-electron chi connectivity index (χ0n) is 12.1. The van der Waals surface area contributed by atoms with Crippen LogP contribution < -0.4 is 0 Å². The summed E-state index contributed by atoms with van der Waals surface area (Å²) < 4.78 is 0. The van der Waals surface area contributed by atoms with E-state index in [0.29, 0.717) is 5.92 Å². The molecule has 0 bridgehead atoms. The quantitative estimate of drug-likeness (QED) is 0.790. The first-order valence-corrected chi connectivity index (χ1v) is 8.57. The van der Waals surface area contributed by atoms with Crippen molar-refractivity contribution in [2.24, 2.45) is 11.8 Å². The highest BCUT2D eigenvalue weighted by Gasteiger charge is 2.29. The molecule has 1 aromatic carbocycles. The van der Waals surface area contributed by atoms with E-state index >= 15 is 0 Å². The van der Waals surface area contributed by atoms with E-state index in [1.54, 1.807) is 0 Å². The topological polar surface area (TPSA) is 20.2 Å². The molecule has 0 radical (unpaired) electrons. The van der Waals surface area contributed by atoms with E-state index in [1.807, 2.05) is 11.8 Å². The summed E-state index contributed by atoms with van der Waals surface area (Å²) in [6, 6.07) is 8.45. The Morgan fingerprint density at radius 3 is 2.74 bits per heavy atom. The molecule has 3 unspecified atom stereocenters. The third-order valence-electron chi connectivity index (χ3n) is 4.49. The summed E-state index contributed by atoms with van der Waals surface area (Å²) in [5, 5.41) is 10.5. The van der Waals surface area contributed by atoms with Crippen LogP contribution in [0.4, 0.5) is 0 Å². The number of aryl methyl sites for hydroxylation is 1. The molecule has 1 nitrogen and oxygen atoms in total. The van der Waals surface area contributed by atoms with Crippen molar-refractivity contribution in [3.05, 3.63) is 29.8 Å². The van der Waals surface area contributed by atoms with Gasteiger partial charge < -0.3 is 5.11 Å². The minimum Gasteiger partial charge on any atom is -0.392 e. The zero-order valence-corrected chi connectivity index (χ0v) is 13.0. The number of hydrogen-bond acceptors (Lipinski definition) is 2. The second-order valence-corrected chi connectivity index (χ2v) is 6.82. The van der Waals surface area contributed by atoms with Gasteiger partial charge in [0.2, 0.25) is 0 Å². The van der Waals surface area contributed by atoms with Gasteiger partial charge in [-0.15, -0.1) is 11.8 Å². The van der Waals surface area contributed by atoms with Crippen LogP contribution in [0, 0.1) is 18.8 Å². The van der Waals surface area contributed by atoms with Crippen molar-refractivity contribution in [3.63, 3.8) is 0 Å². The molecule has 0 aliphatic heterocycles. The highest BCUT2D eigenvalue weighted by Crippen LogP contribution is 2.36. The van der Waals surface area contributed by atoms with Gasteiger partial charge >= 0.3 is 0 Å². The van der Waals surface area contributed by atoms with Crippen LogP contribution in [0.25, 0.3) is 0 Å². The lowest BCUT2D eigenvalue weighted by atomic mass is 9.75. The van der Waals surface area contributed by atoms with Crippen LogP contribution in [0.15, 0.2) is 29.2 Å². The van der Waals surface area contributed by atoms with Gasteiger partial charge in [-0.05, 0) is 36.8 Å². The molecule has 1 aliphatic carbocycles. The predicted molar refractivity (Wildman–Crippen MR) is 83.6 cm³/mol. The highest BCUT2D eigenvalue weighted by molar-refractivity contribution is 7.99. The Kier molecular flexibility index (Phi) is 5.77. The van der Waals surface area contributed by atoms with Crippen LogP contribution in [0.1, 0.15) is 44.6 Å². The van der Waals surface area contributed by atoms with Gasteiger partial charge in [-0.25, -0.2) is 0 Å². The van der Waals surface area contributed by atoms with Gasteiger partial charge in [-0.3, -0.25) is 0 Å². The Morgan fingerprint density at radius 1 is 1.26 bits per heavy atom. The molecule has 19 heavy (non-hydrogen) atoms. The SMILES string of the molecule is CCC1CCCCC1C(O)CSc1ccccc1C. The summed E-state index contributed by atoms with van der Waals surface area (Å²) in [5.41, 5.74) is 1.32. The van der Waals surface area contributed by atoms with E-state index in [4.69, 9.17) is 0 Å². The summed E-state index contributed by atoms with van der Waals surface area (Å²) >= 11 is 1.81. The highest BCUT2D eigenvalue weighted by atomic mass is 32.2. The zero-order chi connectivity index (χ0) is 13.7. The van der Waals surface area contributed by atoms with Crippen molar-refractivity contribution in [3.8, 4) is 0 Å². The molecular formula is C17H26OS. The molecule has 106 valence electrons. The summed E-state index contributed by atoms with van der Waals surface area (Å²) in [4.78, 5) is 1.31. The molecule has 1 N–H and O–H groups in total. The third kappa shape index (κ3) is 4.00. The molecule has 1 aliphatic rings. The number of hydrogen-bond donors (Lipinski definition) is 1. The molecule has 0 heterocycles. The molecule has 1 aromatic rings. The molecule has 3 atom stereocenters. The van der Waals surface area contributed by atoms with Crippen molar-refractivity contribution in [2.75, 3.05) is 5.75 Å². The Labute approximate surface area is 121 Å². The Hall–Kier alpha value is -0.470. The molecule has 2 heteroatoms. The first-order valence-electron chi connectivity index (χ1n) is 7.59. The van der Waals surface area contributed by atoms with Crippen molar-refractivity contribution in [2.45, 2.75) is 57.0 Å². The average Bonchev–Trinajstić information content (AvgIpc) is 2.46. The maximum absolute atomic E-state index is 10.5. The summed E-state index contributed by atoms with van der Waals surface area (Å²) in [6.45, 7) is 4.41. The smallest absolute Gasteiger partial charge is 0.0664 e. The Morgan fingerprint density at radius 2 is 2.00 bits per heavy atom. The fourth-order valence-electron chi connectivity index (χ4n) is 3.27. The first kappa shape index (κ1) is 14.9. The Bertz CT molecular complexity index is 391. The number of aliphatic hydroxyl groups excluding tert-OH is 1. The van der Waals surface area contributed by atoms with Gasteiger partial charge in [0.15, 0.2) is 0 Å². The molecule has 0 saturated heterocycles. The monoisotopic (exact) mass is 278 g/mol. The molecule has 2 rings (SSSR count). The Balaban J connectivity index is 1.90. The van der Waals surface area contributed by atoms with Crippen LogP contribution in [0.3, 0.4) is 0 Å². The van der Waals surface area contributed by atoms with Gasteiger partial charge in [0.05, 0.1) is 6.10 Å². The van der Waals surface area contributed by atoms with Gasteiger partial charge in [-0.1, -0.05) is 50.8 Å². The predicted octanol–water partition coefficient (Wildman–Crippen LogP) is 4.66. The lowest BCUT2D eigenvalue weighted by molar-refractivity contribution is 0.0629. The molecule has 0 aromatic heterocycles. The van der Waals surface area contributed by atoms with E-state index in [9.17, 15) is 5.11 Å². The van der Waals surface area contributed by atoms with E-state index in [0.717, 1.165) is 11.7 Å². The first-order chi connectivity index (χ1) is 9.22. The van der Waals surface area contributed by atoms with Crippen LogP contribution in [0.2, 0.25) is 0 Å². The second kappa shape index (κ2) is 7.35. The fourth-order valence-corrected chi connectivity index (χ4v) is 4.33. The van der Waals surface area contributed by atoms with E-state index in [-0.39, 0.29) is 6.10 Å². The van der Waals surface area contributed by atoms with Crippen LogP contribution in [0.5, 0.6) is 0 Å². The van der Waals surface area contributed by atoms with Crippen molar-refractivity contribution in [1.82, 2.24) is 0 Å². The van der Waals surface area contributed by atoms with Gasteiger partial charge in [-0.2, -0.15) is 0 Å². The second-order valence-electron chi connectivity index (χ2n) is 5.76. The number of rotatable bonds is 5. The van der Waals surface area contributed by atoms with Crippen LogP contribution in [-0.4, -0.2) is 17.0 Å². The molecule has 0 amide bonds. The summed E-state index contributed by atoms with van der Waals surface area (Å²) in [5.74, 6) is 2.10. The number of benzene rings is 1. The largest absolute Gasteiger partial charge is 0.392 e. The molecular weight excluding hydrogens is 252 g/mol. The fraction of sp³-hybridized carbons (Fsp3) is 0.647. The standard InChI is InChI=1S/C17H26OS/c1-3-14-9-5-6-10-15(14)16(18)12-19-17-11-7-4-8-13(17)2/h4,7-8,11,14-16,18H,3,5-6,9-10,12H2,1-2H3. The van der Waals surface area contributed by atoms with Crippen molar-refractivity contribution >= 4 is 11.8 Å². The van der Waals surface area contributed by atoms with E-state index < -0.39 is 0 Å². The lowest BCUT2D eigenvalue weighted by Gasteiger charge is -2.34. The van der Waals surface area contributed by atoms with Gasteiger partial charge in [0, 0.05) is 10.6 Å². The van der Waals surface area contributed by atoms with Gasteiger partial charge in [0.25, 0.3) is 0 Å².